The van der Waals surface area contributed by atoms with Crippen molar-refractivity contribution in [1.82, 2.24) is 58.5 Å². The second-order valence-electron chi connectivity index (χ2n) is 22.1. The van der Waals surface area contributed by atoms with Gasteiger partial charge in [-0.15, -0.1) is 0 Å². The minimum absolute atomic E-state index is 0.0133. The van der Waals surface area contributed by atoms with Gasteiger partial charge in [0.1, 0.15) is 60.4 Å². The molecule has 0 aromatic heterocycles. The Labute approximate surface area is 504 Å². The summed E-state index contributed by atoms with van der Waals surface area (Å²) in [7, 11) is 0. The number of nitrogens with two attached hydrogens (primary N) is 5. The second kappa shape index (κ2) is 41.2. The van der Waals surface area contributed by atoms with Crippen molar-refractivity contribution in [2.24, 2.45) is 34.6 Å². The standard InChI is InChI=1S/C57H100N16O13/c1-6-7-8-9-13-19-45(76)64-38(20-26-58)53(82)73-47(35(5)75)57(86)70-41(23-29-61)51(80)69-43-25-31-63-56(85)46(34(4)74)72-54(83)42(24-30-62)67-50(79)40(22-28-60)68-55(84)44(32-33(2)3)71-48(77)37(18-14-17-36-15-11-10-12-16-36)65-49(78)39(21-27-59)66-52(43)81/h10-12,15-16,33-35,37-44,46-47,74-75H,6-9,13-14,17-32,58-62H2,1-5H3,(H,63,85)(H,64,76)(H,65,78)(H,66,81)(H,67,79)(H,68,84)(H,69,80)(H,70,86)(H,71,77)(H,72,83)(H,73,82)/t34-,35+,37-,38+,39-,40+,41+,42+,43+,44+,46+,47+/m1/s1. The van der Waals surface area contributed by atoms with Crippen molar-refractivity contribution in [3.8, 4) is 0 Å². The number of benzene rings is 1. The number of rotatable bonds is 31. The van der Waals surface area contributed by atoms with Crippen LogP contribution in [0.5, 0.6) is 0 Å². The maximum absolute atomic E-state index is 14.6. The van der Waals surface area contributed by atoms with Gasteiger partial charge >= 0.3 is 0 Å². The summed E-state index contributed by atoms with van der Waals surface area (Å²) >= 11 is 0. The van der Waals surface area contributed by atoms with Crippen LogP contribution in [0.25, 0.3) is 0 Å². The first-order valence-corrected chi connectivity index (χ1v) is 30.2. The molecule has 1 aliphatic heterocycles. The Morgan fingerprint density at radius 2 is 1.03 bits per heavy atom. The van der Waals surface area contributed by atoms with Gasteiger partial charge in [-0.2, -0.15) is 0 Å². The fourth-order valence-electron chi connectivity index (χ4n) is 9.39. The largest absolute Gasteiger partial charge is 0.391 e. The van der Waals surface area contributed by atoms with Crippen LogP contribution in [-0.4, -0.2) is 187 Å². The fourth-order valence-corrected chi connectivity index (χ4v) is 9.39. The normalized spacial score (nSPS) is 22.4. The second-order valence-corrected chi connectivity index (χ2v) is 22.1. The summed E-state index contributed by atoms with van der Waals surface area (Å²) in [4.78, 5) is 154. The van der Waals surface area contributed by atoms with Gasteiger partial charge in [0, 0.05) is 13.0 Å². The van der Waals surface area contributed by atoms with Crippen molar-refractivity contribution in [2.45, 2.75) is 210 Å². The molecule has 0 aliphatic carbocycles. The van der Waals surface area contributed by atoms with Gasteiger partial charge in [-0.25, -0.2) is 0 Å². The van der Waals surface area contributed by atoms with Crippen LogP contribution in [0.15, 0.2) is 30.3 Å². The molecule has 0 radical (unpaired) electrons. The van der Waals surface area contributed by atoms with Gasteiger partial charge in [-0.3, -0.25) is 52.7 Å². The molecule has 1 aromatic rings. The molecule has 0 unspecified atom stereocenters. The molecule has 12 atom stereocenters. The molecule has 0 spiro atoms. The molecule has 1 heterocycles. The van der Waals surface area contributed by atoms with Crippen LogP contribution in [0.3, 0.4) is 0 Å². The lowest BCUT2D eigenvalue weighted by atomic mass is 10.00. The number of amides is 11. The van der Waals surface area contributed by atoms with Gasteiger partial charge in [0.15, 0.2) is 0 Å². The molecule has 1 saturated heterocycles. The van der Waals surface area contributed by atoms with Gasteiger partial charge in [-0.1, -0.05) is 76.8 Å². The van der Waals surface area contributed by atoms with E-state index in [1.54, 1.807) is 13.8 Å². The van der Waals surface area contributed by atoms with Gasteiger partial charge in [0.2, 0.25) is 65.0 Å². The summed E-state index contributed by atoms with van der Waals surface area (Å²) in [5.74, 6) is -9.81. The third kappa shape index (κ3) is 27.6. The molecule has 486 valence electrons. The topological polar surface area (TPSA) is 491 Å². The SMILES string of the molecule is CCCCCCCC(=O)N[C@@H](CCN)C(=O)N[C@H](C(=O)N[C@@H](CCN)C(=O)N[C@H]1CCNC(=O)[C@H]([C@@H](C)O)NC(=O)[C@H](CCN)NC(=O)[C@H](CCN)NC(=O)[C@H](CC(C)C)NC(=O)[C@@H](CCCc2ccccc2)NC(=O)[C@@H](CCN)NC1=O)[C@H](C)O. The Kier molecular flexibility index (Phi) is 36.1. The highest BCUT2D eigenvalue weighted by atomic mass is 16.3. The molecule has 2 rings (SSSR count). The molecular weight excluding hydrogens is 1120 g/mol. The zero-order valence-corrected chi connectivity index (χ0v) is 50.7. The van der Waals surface area contributed by atoms with Crippen LogP contribution in [-0.2, 0) is 59.2 Å². The zero-order chi connectivity index (χ0) is 64.3. The van der Waals surface area contributed by atoms with E-state index in [1.807, 2.05) is 30.3 Å². The lowest BCUT2D eigenvalue weighted by molar-refractivity contribution is -0.137. The summed E-state index contributed by atoms with van der Waals surface area (Å²) in [5, 5.41) is 49.8. The third-order valence-electron chi connectivity index (χ3n) is 14.2. The molecule has 0 bridgehead atoms. The first kappa shape index (κ1) is 75.2. The highest BCUT2D eigenvalue weighted by Crippen LogP contribution is 2.13. The third-order valence-corrected chi connectivity index (χ3v) is 14.2. The molecule has 29 nitrogen and oxygen atoms in total. The maximum atomic E-state index is 14.6. The number of aliphatic hydroxyl groups excluding tert-OH is 2. The van der Waals surface area contributed by atoms with E-state index in [-0.39, 0.29) is 90.0 Å². The van der Waals surface area contributed by atoms with E-state index in [4.69, 9.17) is 28.7 Å². The van der Waals surface area contributed by atoms with E-state index < -0.39 is 151 Å². The molecule has 11 amide bonds. The number of hydrogen-bond acceptors (Lipinski definition) is 18. The molecule has 86 heavy (non-hydrogen) atoms. The van der Waals surface area contributed by atoms with Crippen LogP contribution in [0, 0.1) is 5.92 Å². The van der Waals surface area contributed by atoms with Gasteiger partial charge in [0.25, 0.3) is 0 Å². The smallest absolute Gasteiger partial charge is 0.245 e. The van der Waals surface area contributed by atoms with Crippen molar-refractivity contribution >= 4 is 65.0 Å². The predicted octanol–water partition coefficient (Wildman–Crippen LogP) is -4.71. The molecule has 1 fully saturated rings. The Balaban J connectivity index is 2.68. The number of carbonyl (C=O) groups is 11. The molecule has 29 heteroatoms. The average molecular weight is 1220 g/mol. The fraction of sp³-hybridized carbons (Fsp3) is 0.702. The van der Waals surface area contributed by atoms with Crippen LogP contribution < -0.4 is 87.2 Å². The van der Waals surface area contributed by atoms with Crippen LogP contribution in [0.4, 0.5) is 0 Å². The number of carbonyl (C=O) groups excluding carboxylic acids is 11. The molecule has 0 saturated carbocycles. The van der Waals surface area contributed by atoms with Crippen molar-refractivity contribution in [3.63, 3.8) is 0 Å². The monoisotopic (exact) mass is 1220 g/mol. The molecule has 1 aromatic carbocycles. The Bertz CT molecular complexity index is 2320. The molecule has 23 N–H and O–H groups in total. The van der Waals surface area contributed by atoms with E-state index in [1.165, 1.54) is 13.8 Å². The first-order chi connectivity index (χ1) is 40.9. The quantitative estimate of drug-likeness (QED) is 0.0311. The minimum atomic E-state index is -1.70. The van der Waals surface area contributed by atoms with Crippen LogP contribution >= 0.6 is 0 Å². The highest BCUT2D eigenvalue weighted by Gasteiger charge is 2.37. The Morgan fingerprint density at radius 3 is 1.53 bits per heavy atom. The Morgan fingerprint density at radius 1 is 0.547 bits per heavy atom. The van der Waals surface area contributed by atoms with Crippen LogP contribution in [0.1, 0.15) is 136 Å². The lowest BCUT2D eigenvalue weighted by Gasteiger charge is -2.29. The number of unbranched alkanes of at least 4 members (excludes halogenated alkanes) is 4. The van der Waals surface area contributed by atoms with Crippen molar-refractivity contribution in [2.75, 3.05) is 39.3 Å². The van der Waals surface area contributed by atoms with E-state index >= 15 is 0 Å². The zero-order valence-electron chi connectivity index (χ0n) is 50.7. The Hall–Kier alpha value is -6.89. The summed E-state index contributed by atoms with van der Waals surface area (Å²) in [6.45, 7) is 6.93. The summed E-state index contributed by atoms with van der Waals surface area (Å²) < 4.78 is 0. The summed E-state index contributed by atoms with van der Waals surface area (Å²) in [6, 6.07) is -5.33. The minimum Gasteiger partial charge on any atom is -0.391 e. The number of aryl methyl sites for hydroxylation is 1. The van der Waals surface area contributed by atoms with E-state index in [2.05, 4.69) is 65.4 Å². The average Bonchev–Trinajstić information content (AvgIpc) is 3.68. The van der Waals surface area contributed by atoms with Crippen LogP contribution in [0.2, 0.25) is 0 Å². The lowest BCUT2D eigenvalue weighted by Crippen LogP contribution is -2.62. The summed E-state index contributed by atoms with van der Waals surface area (Å²) in [5.41, 5.74) is 30.3. The van der Waals surface area contributed by atoms with Gasteiger partial charge < -0.3 is 97.4 Å². The van der Waals surface area contributed by atoms with Gasteiger partial charge in [0.05, 0.1) is 12.2 Å². The van der Waals surface area contributed by atoms with Gasteiger partial charge in [-0.05, 0) is 129 Å². The van der Waals surface area contributed by atoms with Crippen molar-refractivity contribution in [3.05, 3.63) is 35.9 Å². The van der Waals surface area contributed by atoms with E-state index in [0.29, 0.717) is 19.3 Å². The maximum Gasteiger partial charge on any atom is 0.245 e. The highest BCUT2D eigenvalue weighted by molar-refractivity contribution is 5.99. The summed E-state index contributed by atoms with van der Waals surface area (Å²) in [6.07, 6.45) is 1.05. The van der Waals surface area contributed by atoms with Crippen molar-refractivity contribution in [1.29, 1.82) is 0 Å². The van der Waals surface area contributed by atoms with E-state index in [9.17, 15) is 63.0 Å². The van der Waals surface area contributed by atoms with Crippen molar-refractivity contribution < 1.29 is 63.0 Å². The number of hydrogen-bond donors (Lipinski definition) is 18. The molecule has 1 aliphatic rings. The molecular formula is C57H100N16O13. The number of nitrogens with one attached hydrogen (secondary N) is 11. The number of aliphatic hydroxyl groups is 2. The predicted molar refractivity (Wildman–Crippen MR) is 321 cm³/mol. The first-order valence-electron chi connectivity index (χ1n) is 30.2. The van der Waals surface area contributed by atoms with E-state index in [0.717, 1.165) is 31.2 Å².